The molecule has 0 atom stereocenters. The van der Waals surface area contributed by atoms with Gasteiger partial charge >= 0.3 is 0 Å². The van der Waals surface area contributed by atoms with Gasteiger partial charge in [0.25, 0.3) is 0 Å². The maximum atomic E-state index is 11.3. The van der Waals surface area contributed by atoms with Crippen LogP contribution in [0.5, 0.6) is 5.88 Å². The van der Waals surface area contributed by atoms with Crippen molar-refractivity contribution >= 4 is 39.6 Å². The zero-order chi connectivity index (χ0) is 26.5. The van der Waals surface area contributed by atoms with Gasteiger partial charge in [-0.3, -0.25) is 14.4 Å². The maximum Gasteiger partial charge on any atom is 0.221 e. The predicted molar refractivity (Wildman–Crippen MR) is 160 cm³/mol. The summed E-state index contributed by atoms with van der Waals surface area (Å²) in [5.74, 6) is 0.135. The van der Waals surface area contributed by atoms with Gasteiger partial charge in [-0.25, -0.2) is 0 Å². The first kappa shape index (κ1) is 26.8. The number of aromatic nitrogens is 1. The molecule has 1 saturated heterocycles. The molecule has 7 nitrogen and oxygen atoms in total. The number of aromatic hydroxyl groups is 1. The summed E-state index contributed by atoms with van der Waals surface area (Å²) in [6.07, 6.45) is 8.63. The molecule has 202 valence electrons. The van der Waals surface area contributed by atoms with E-state index in [9.17, 15) is 5.11 Å². The average molecular weight is 533 g/mol. The number of anilines is 1. The van der Waals surface area contributed by atoms with Crippen molar-refractivity contribution in [3.8, 4) is 5.88 Å². The fourth-order valence-electron chi connectivity index (χ4n) is 6.06. The van der Waals surface area contributed by atoms with Gasteiger partial charge in [0.15, 0.2) is 5.69 Å². The second-order valence-electron chi connectivity index (χ2n) is 10.5. The number of nitrogens with zero attached hydrogens (tertiary/aromatic N) is 5. The zero-order valence-electron chi connectivity index (χ0n) is 22.7. The van der Waals surface area contributed by atoms with Gasteiger partial charge in [-0.2, -0.15) is 0 Å². The molecule has 1 aromatic heterocycles. The van der Waals surface area contributed by atoms with E-state index in [1.54, 1.807) is 0 Å². The molecule has 0 spiro atoms. The number of hydrogen-bond donors (Lipinski definition) is 2. The zero-order valence-corrected chi connectivity index (χ0v) is 23.5. The molecule has 0 unspecified atom stereocenters. The molecule has 2 heterocycles. The standard InChI is InChI=1S/C30H40N6OS/c1-3-22-11-10-12-23(4-2)27(22)31-30(38)33-32-28-25-15-8-9-16-26(25)36(29(28)37)21-34-17-19-35(20-18-34)24-13-6-5-7-14-24/h8-12,15-16,24,37H,3-7,13-14,17-21H2,1-2H3,(H,31,38). The van der Waals surface area contributed by atoms with Crippen LogP contribution in [0, 0.1) is 0 Å². The second-order valence-corrected chi connectivity index (χ2v) is 10.9. The van der Waals surface area contributed by atoms with Crippen LogP contribution in [0.25, 0.3) is 10.9 Å². The van der Waals surface area contributed by atoms with Crippen molar-refractivity contribution in [3.05, 3.63) is 53.6 Å². The van der Waals surface area contributed by atoms with Gasteiger partial charge in [0.1, 0.15) is 0 Å². The Morgan fingerprint density at radius 3 is 2.32 bits per heavy atom. The summed E-state index contributed by atoms with van der Waals surface area (Å²) in [4.78, 5) is 5.10. The molecule has 8 heteroatoms. The SMILES string of the molecule is CCc1cccc(CC)c1NC(=S)N=Nc1c(O)n(CN2CCN(C3CCCCC3)CC2)c2ccccc12. The Hall–Kier alpha value is -2.81. The molecule has 5 rings (SSSR count). The van der Waals surface area contributed by atoms with E-state index in [1.165, 1.54) is 43.2 Å². The highest BCUT2D eigenvalue weighted by Crippen LogP contribution is 2.39. The van der Waals surface area contributed by atoms with Gasteiger partial charge < -0.3 is 10.4 Å². The Labute approximate surface area is 231 Å². The van der Waals surface area contributed by atoms with Crippen molar-refractivity contribution in [1.29, 1.82) is 0 Å². The lowest BCUT2D eigenvalue weighted by molar-refractivity contribution is 0.0633. The third-order valence-electron chi connectivity index (χ3n) is 8.23. The monoisotopic (exact) mass is 532 g/mol. The molecule has 1 aliphatic heterocycles. The van der Waals surface area contributed by atoms with Gasteiger partial charge in [0, 0.05) is 43.3 Å². The number of azo groups is 1. The Morgan fingerprint density at radius 1 is 0.947 bits per heavy atom. The number of fused-ring (bicyclic) bond motifs is 1. The van der Waals surface area contributed by atoms with Crippen molar-refractivity contribution in [1.82, 2.24) is 14.4 Å². The molecular weight excluding hydrogens is 492 g/mol. The summed E-state index contributed by atoms with van der Waals surface area (Å²) < 4.78 is 1.96. The highest BCUT2D eigenvalue weighted by molar-refractivity contribution is 7.80. The highest BCUT2D eigenvalue weighted by atomic mass is 32.1. The smallest absolute Gasteiger partial charge is 0.221 e. The van der Waals surface area contributed by atoms with Gasteiger partial charge in [0.2, 0.25) is 11.0 Å². The molecule has 2 aliphatic rings. The lowest BCUT2D eigenvalue weighted by Gasteiger charge is -2.40. The number of aryl methyl sites for hydroxylation is 2. The van der Waals surface area contributed by atoms with E-state index in [-0.39, 0.29) is 11.0 Å². The first-order chi connectivity index (χ1) is 18.6. The molecule has 0 bridgehead atoms. The number of hydrogen-bond acceptors (Lipinski definition) is 5. The van der Waals surface area contributed by atoms with Gasteiger partial charge in [-0.1, -0.05) is 69.5 Å². The van der Waals surface area contributed by atoms with E-state index in [0.717, 1.165) is 61.7 Å². The van der Waals surface area contributed by atoms with Crippen LogP contribution in [0.1, 0.15) is 57.1 Å². The van der Waals surface area contributed by atoms with E-state index in [1.807, 2.05) is 28.8 Å². The Kier molecular flexibility index (Phi) is 8.72. The van der Waals surface area contributed by atoms with Crippen LogP contribution < -0.4 is 5.32 Å². The first-order valence-electron chi connectivity index (χ1n) is 14.2. The number of thiocarbonyl (C=S) groups is 1. The van der Waals surface area contributed by atoms with Crippen molar-refractivity contribution in [2.75, 3.05) is 31.5 Å². The Bertz CT molecular complexity index is 1270. The number of para-hydroxylation sites is 2. The summed E-state index contributed by atoms with van der Waals surface area (Å²) in [6.45, 7) is 9.09. The second kappa shape index (κ2) is 12.4. The minimum Gasteiger partial charge on any atom is -0.493 e. The van der Waals surface area contributed by atoms with Crippen molar-refractivity contribution in [3.63, 3.8) is 0 Å². The summed E-state index contributed by atoms with van der Waals surface area (Å²) in [6, 6.07) is 15.0. The van der Waals surface area contributed by atoms with Crippen LogP contribution in [0.4, 0.5) is 11.4 Å². The molecule has 0 amide bonds. The van der Waals surface area contributed by atoms with Crippen LogP contribution in [0.3, 0.4) is 0 Å². The minimum atomic E-state index is 0.135. The van der Waals surface area contributed by atoms with Gasteiger partial charge in [-0.15, -0.1) is 10.2 Å². The van der Waals surface area contributed by atoms with Crippen LogP contribution in [-0.4, -0.2) is 56.8 Å². The minimum absolute atomic E-state index is 0.135. The van der Waals surface area contributed by atoms with E-state index in [4.69, 9.17) is 12.2 Å². The summed E-state index contributed by atoms with van der Waals surface area (Å²) >= 11 is 5.55. The Balaban J connectivity index is 1.31. The van der Waals surface area contributed by atoms with Crippen LogP contribution in [-0.2, 0) is 19.5 Å². The number of rotatable bonds is 7. The fourth-order valence-corrected chi connectivity index (χ4v) is 6.20. The van der Waals surface area contributed by atoms with Crippen LogP contribution in [0.15, 0.2) is 52.7 Å². The largest absolute Gasteiger partial charge is 0.493 e. The maximum absolute atomic E-state index is 11.3. The molecule has 38 heavy (non-hydrogen) atoms. The number of piperazine rings is 1. The fraction of sp³-hybridized carbons (Fsp3) is 0.500. The molecule has 2 aromatic carbocycles. The molecular formula is C30H40N6OS. The molecule has 2 N–H and O–H groups in total. The van der Waals surface area contributed by atoms with E-state index >= 15 is 0 Å². The Morgan fingerprint density at radius 2 is 1.63 bits per heavy atom. The predicted octanol–water partition coefficient (Wildman–Crippen LogP) is 6.86. The third-order valence-corrected chi connectivity index (χ3v) is 8.41. The van der Waals surface area contributed by atoms with Gasteiger partial charge in [-0.05, 0) is 55.1 Å². The molecule has 1 aliphatic carbocycles. The normalized spacial score (nSPS) is 17.9. The molecule has 0 radical (unpaired) electrons. The molecule has 2 fully saturated rings. The third kappa shape index (κ3) is 5.77. The highest BCUT2D eigenvalue weighted by Gasteiger charge is 2.26. The van der Waals surface area contributed by atoms with Crippen LogP contribution in [0.2, 0.25) is 0 Å². The summed E-state index contributed by atoms with van der Waals surface area (Å²) in [7, 11) is 0. The van der Waals surface area contributed by atoms with E-state index < -0.39 is 0 Å². The quantitative estimate of drug-likeness (QED) is 0.257. The molecule has 3 aromatic rings. The summed E-state index contributed by atoms with van der Waals surface area (Å²) in [5.41, 5.74) is 4.83. The van der Waals surface area contributed by atoms with Crippen molar-refractivity contribution in [2.24, 2.45) is 10.2 Å². The first-order valence-corrected chi connectivity index (χ1v) is 14.6. The average Bonchev–Trinajstić information content (AvgIpc) is 3.23. The van der Waals surface area contributed by atoms with Gasteiger partial charge in [0.05, 0.1) is 12.2 Å². The lowest BCUT2D eigenvalue weighted by atomic mass is 9.94. The van der Waals surface area contributed by atoms with Crippen LogP contribution >= 0.6 is 12.2 Å². The van der Waals surface area contributed by atoms with E-state index in [0.29, 0.717) is 12.4 Å². The molecule has 1 saturated carbocycles. The van der Waals surface area contributed by atoms with Crippen molar-refractivity contribution in [2.45, 2.75) is 71.5 Å². The van der Waals surface area contributed by atoms with E-state index in [2.05, 4.69) is 57.4 Å². The number of benzene rings is 2. The topological polar surface area (TPSA) is 68.4 Å². The number of nitrogens with one attached hydrogen (secondary N) is 1. The lowest BCUT2D eigenvalue weighted by Crippen LogP contribution is -2.50. The van der Waals surface area contributed by atoms with Crippen molar-refractivity contribution < 1.29 is 5.11 Å². The summed E-state index contributed by atoms with van der Waals surface area (Å²) in [5, 5.41) is 24.5.